The number of benzene rings is 1. The van der Waals surface area contributed by atoms with Gasteiger partial charge in [-0.2, -0.15) is 5.26 Å². The van der Waals surface area contributed by atoms with E-state index in [1.807, 2.05) is 20.8 Å². The smallest absolute Gasteiger partial charge is 0.434 e. The number of fused-ring (bicyclic) bond motifs is 1. The van der Waals surface area contributed by atoms with Gasteiger partial charge in [-0.15, -0.1) is 0 Å². The van der Waals surface area contributed by atoms with Crippen LogP contribution in [0.1, 0.15) is 59.9 Å². The van der Waals surface area contributed by atoms with Gasteiger partial charge in [0.1, 0.15) is 17.1 Å². The summed E-state index contributed by atoms with van der Waals surface area (Å²) < 4.78 is 41.2. The van der Waals surface area contributed by atoms with E-state index in [1.165, 1.54) is 4.57 Å². The third-order valence-electron chi connectivity index (χ3n) is 4.65. The first-order valence-electron chi connectivity index (χ1n) is 10.7. The van der Waals surface area contributed by atoms with Crippen molar-refractivity contribution in [1.29, 1.82) is 5.26 Å². The van der Waals surface area contributed by atoms with Gasteiger partial charge in [0.25, 0.3) is 0 Å². The van der Waals surface area contributed by atoms with Crippen molar-refractivity contribution in [2.45, 2.75) is 59.9 Å². The summed E-state index contributed by atoms with van der Waals surface area (Å²) in [6.45, 7) is 9.70. The Hall–Kier alpha value is -3.26. The van der Waals surface area contributed by atoms with Crippen molar-refractivity contribution in [3.63, 3.8) is 0 Å². The topological polar surface area (TPSA) is 118 Å². The summed E-state index contributed by atoms with van der Waals surface area (Å²) in [5, 5.41) is 18.0. The fraction of sp³-hybridized carbons (Fsp3) is 0.565. The zero-order valence-electron chi connectivity index (χ0n) is 20.2. The monoisotopic (exact) mass is 480 g/mol. The van der Waals surface area contributed by atoms with Crippen molar-refractivity contribution in [3.8, 4) is 6.07 Å². The van der Waals surface area contributed by atoms with Crippen LogP contribution in [0.2, 0.25) is 0 Å². The number of anilines is 1. The van der Waals surface area contributed by atoms with Gasteiger partial charge < -0.3 is 19.1 Å². The second-order valence-corrected chi connectivity index (χ2v) is 9.96. The van der Waals surface area contributed by atoms with Crippen LogP contribution in [-0.4, -0.2) is 46.7 Å². The number of nitriles is 1. The number of hydrogen-bond donors (Lipinski definition) is 1. The summed E-state index contributed by atoms with van der Waals surface area (Å²) in [5.74, 6) is -2.55. The lowest BCUT2D eigenvalue weighted by Gasteiger charge is -2.30. The SMILES string of the molecule is CC(C)(C)CC(=O)N(COC(=O)OCCCO)c1nc2c(F)cc(C#N)c(F)c2n1C(C)(C)C. The molecule has 0 spiro atoms. The Bertz CT molecular complexity index is 1110. The molecule has 1 N–H and O–H groups in total. The first kappa shape index (κ1) is 27.0. The summed E-state index contributed by atoms with van der Waals surface area (Å²) in [6, 6.07) is 2.37. The molecule has 11 heteroatoms. The molecule has 0 aliphatic rings. The van der Waals surface area contributed by atoms with E-state index >= 15 is 4.39 Å². The molecule has 9 nitrogen and oxygen atoms in total. The Morgan fingerprint density at radius 1 is 1.21 bits per heavy atom. The molecule has 0 radical (unpaired) electrons. The number of carbonyl (C=O) groups is 2. The fourth-order valence-corrected chi connectivity index (χ4v) is 3.23. The normalized spacial score (nSPS) is 11.9. The number of aliphatic hydroxyl groups is 1. The average molecular weight is 481 g/mol. The first-order chi connectivity index (χ1) is 15.7. The minimum atomic E-state index is -1.08. The van der Waals surface area contributed by atoms with E-state index in [0.717, 1.165) is 11.0 Å². The number of carbonyl (C=O) groups excluding carboxylic acids is 2. The molecular weight excluding hydrogens is 450 g/mol. The zero-order chi connectivity index (χ0) is 25.8. The van der Waals surface area contributed by atoms with E-state index in [2.05, 4.69) is 4.98 Å². The van der Waals surface area contributed by atoms with E-state index in [9.17, 15) is 19.2 Å². The summed E-state index contributed by atoms with van der Waals surface area (Å²) in [5.41, 5.74) is -2.51. The van der Waals surface area contributed by atoms with Gasteiger partial charge in [-0.3, -0.25) is 4.79 Å². The van der Waals surface area contributed by atoms with Gasteiger partial charge in [0, 0.05) is 25.0 Å². The minimum Gasteiger partial charge on any atom is -0.434 e. The number of aliphatic hydroxyl groups excluding tert-OH is 1. The Labute approximate surface area is 196 Å². The summed E-state index contributed by atoms with van der Waals surface area (Å²) in [6.07, 6.45) is -0.858. The predicted molar refractivity (Wildman–Crippen MR) is 120 cm³/mol. The Morgan fingerprint density at radius 3 is 2.38 bits per heavy atom. The number of nitrogens with zero attached hydrogens (tertiary/aromatic N) is 4. The molecule has 0 bridgehead atoms. The molecule has 0 aliphatic heterocycles. The van der Waals surface area contributed by atoms with Crippen LogP contribution < -0.4 is 4.90 Å². The van der Waals surface area contributed by atoms with Crippen molar-refractivity contribution >= 4 is 29.0 Å². The molecule has 1 aromatic heterocycles. The third kappa shape index (κ3) is 6.20. The number of hydrogen-bond acceptors (Lipinski definition) is 7. The van der Waals surface area contributed by atoms with Gasteiger partial charge in [-0.1, -0.05) is 20.8 Å². The summed E-state index contributed by atoms with van der Waals surface area (Å²) >= 11 is 0. The molecule has 0 aliphatic carbocycles. The molecule has 0 unspecified atom stereocenters. The van der Waals surface area contributed by atoms with Crippen LogP contribution in [0.5, 0.6) is 0 Å². The van der Waals surface area contributed by atoms with Crippen molar-refractivity contribution < 1.29 is 33.0 Å². The molecule has 34 heavy (non-hydrogen) atoms. The van der Waals surface area contributed by atoms with Crippen molar-refractivity contribution in [3.05, 3.63) is 23.3 Å². The number of aromatic nitrogens is 2. The zero-order valence-corrected chi connectivity index (χ0v) is 20.2. The van der Waals surface area contributed by atoms with E-state index in [1.54, 1.807) is 26.8 Å². The lowest BCUT2D eigenvalue weighted by Crippen LogP contribution is -2.40. The Morgan fingerprint density at radius 2 is 1.85 bits per heavy atom. The summed E-state index contributed by atoms with van der Waals surface area (Å²) in [7, 11) is 0. The van der Waals surface area contributed by atoms with Crippen LogP contribution >= 0.6 is 0 Å². The van der Waals surface area contributed by atoms with Crippen LogP contribution in [0.3, 0.4) is 0 Å². The highest BCUT2D eigenvalue weighted by atomic mass is 19.1. The van der Waals surface area contributed by atoms with Crippen molar-refractivity contribution in [2.75, 3.05) is 24.8 Å². The second-order valence-electron chi connectivity index (χ2n) is 9.96. The number of halogens is 2. The minimum absolute atomic E-state index is 0.0116. The molecule has 0 fully saturated rings. The molecule has 1 aromatic carbocycles. The van der Waals surface area contributed by atoms with Gasteiger partial charge >= 0.3 is 6.16 Å². The van der Waals surface area contributed by atoms with E-state index in [4.69, 9.17) is 14.6 Å². The molecule has 2 aromatic rings. The number of amides is 1. The lowest BCUT2D eigenvalue weighted by atomic mass is 9.92. The molecule has 0 saturated carbocycles. The molecular formula is C23H30F2N4O5. The third-order valence-corrected chi connectivity index (χ3v) is 4.65. The lowest BCUT2D eigenvalue weighted by molar-refractivity contribution is -0.121. The van der Waals surface area contributed by atoms with E-state index < -0.39 is 46.9 Å². The maximum Gasteiger partial charge on any atom is 0.510 e. The molecule has 0 saturated heterocycles. The van der Waals surface area contributed by atoms with Crippen LogP contribution in [-0.2, 0) is 19.8 Å². The molecule has 1 amide bonds. The molecule has 0 atom stereocenters. The molecule has 1 heterocycles. The van der Waals surface area contributed by atoms with Crippen LogP contribution in [0.4, 0.5) is 19.5 Å². The van der Waals surface area contributed by atoms with Gasteiger partial charge in [0.2, 0.25) is 11.9 Å². The van der Waals surface area contributed by atoms with Crippen LogP contribution in [0.15, 0.2) is 6.07 Å². The highest BCUT2D eigenvalue weighted by Gasteiger charge is 2.33. The molecule has 2 rings (SSSR count). The van der Waals surface area contributed by atoms with Crippen molar-refractivity contribution in [2.24, 2.45) is 5.41 Å². The Balaban J connectivity index is 2.65. The van der Waals surface area contributed by atoms with Crippen LogP contribution in [0, 0.1) is 28.4 Å². The quantitative estimate of drug-likeness (QED) is 0.358. The maximum atomic E-state index is 15.2. The fourth-order valence-electron chi connectivity index (χ4n) is 3.23. The van der Waals surface area contributed by atoms with E-state index in [-0.39, 0.29) is 43.0 Å². The average Bonchev–Trinajstić information content (AvgIpc) is 3.11. The van der Waals surface area contributed by atoms with Crippen LogP contribution in [0.25, 0.3) is 11.0 Å². The largest absolute Gasteiger partial charge is 0.510 e. The highest BCUT2D eigenvalue weighted by Crippen LogP contribution is 2.35. The number of imidazole rings is 1. The standard InChI is InChI=1S/C23H30F2N4O5/c1-22(2,3)11-16(31)28(13-34-21(32)33-9-7-8-30)20-27-18-15(24)10-14(12-26)17(25)19(18)29(20)23(4,5)6/h10,30H,7-9,11,13H2,1-6H3. The molecule has 186 valence electrons. The van der Waals surface area contributed by atoms with Gasteiger partial charge in [-0.05, 0) is 32.3 Å². The predicted octanol–water partition coefficient (Wildman–Crippen LogP) is 4.20. The maximum absolute atomic E-state index is 15.2. The summed E-state index contributed by atoms with van der Waals surface area (Å²) in [4.78, 5) is 30.4. The Kier molecular flexibility index (Phi) is 8.21. The second kappa shape index (κ2) is 10.3. The number of ether oxygens (including phenoxy) is 2. The van der Waals surface area contributed by atoms with Gasteiger partial charge in [0.05, 0.1) is 12.2 Å². The van der Waals surface area contributed by atoms with E-state index in [0.29, 0.717) is 0 Å². The van der Waals surface area contributed by atoms with Gasteiger partial charge in [-0.25, -0.2) is 23.5 Å². The number of rotatable bonds is 7. The van der Waals surface area contributed by atoms with Gasteiger partial charge in [0.15, 0.2) is 18.4 Å². The van der Waals surface area contributed by atoms with Crippen molar-refractivity contribution in [1.82, 2.24) is 9.55 Å². The first-order valence-corrected chi connectivity index (χ1v) is 10.7. The highest BCUT2D eigenvalue weighted by molar-refractivity contribution is 5.94.